The highest BCUT2D eigenvalue weighted by Crippen LogP contribution is 2.27. The number of rotatable bonds is 12. The van der Waals surface area contributed by atoms with Gasteiger partial charge in [0.25, 0.3) is 11.8 Å². The number of aryl methyl sites for hydroxylation is 2. The average molecular weight is 804 g/mol. The molecule has 0 unspecified atom stereocenters. The number of piperidine rings is 2. The standard InChI is InChI=1S/C43H61N7O8/c1-30-26-32(27-31(2)40(30)53)28-37(58-43(56)49-19-14-35(15-20-49)50-21-11-33-8-5-6-9-36(33)44-42(50)55)41(54)48-24-22-47(23-25-48)34-12-17-46(18-13-34)16-7-10-39(52)57-29-38(51)45(3)4/h5-6,8-9,26-27,34-35,37,53H,7,10-25,28-29H2,1-4H3,(H,44,55)/t37-/m1/s1. The molecule has 4 aliphatic heterocycles. The third-order valence-electron chi connectivity index (χ3n) is 12.2. The minimum Gasteiger partial charge on any atom is -0.507 e. The molecule has 4 aliphatic rings. The van der Waals surface area contributed by atoms with Crippen LogP contribution in [0.1, 0.15) is 60.8 Å². The number of likely N-dealkylation sites (tertiary alicyclic amines) is 2. The van der Waals surface area contributed by atoms with Crippen LogP contribution in [0.2, 0.25) is 0 Å². The first-order valence-corrected chi connectivity index (χ1v) is 20.9. The molecule has 58 heavy (non-hydrogen) atoms. The van der Waals surface area contributed by atoms with Gasteiger partial charge in [0.1, 0.15) is 5.75 Å². The van der Waals surface area contributed by atoms with Crippen molar-refractivity contribution < 1.29 is 38.6 Å². The van der Waals surface area contributed by atoms with Crippen LogP contribution in [0.4, 0.5) is 15.3 Å². The zero-order valence-corrected chi connectivity index (χ0v) is 34.6. The molecule has 0 bridgehead atoms. The molecule has 2 aromatic carbocycles. The zero-order valence-electron chi connectivity index (χ0n) is 34.6. The largest absolute Gasteiger partial charge is 0.507 e. The first-order chi connectivity index (χ1) is 27.9. The molecular weight excluding hydrogens is 743 g/mol. The lowest BCUT2D eigenvalue weighted by molar-refractivity contribution is -0.151. The van der Waals surface area contributed by atoms with Gasteiger partial charge in [0.15, 0.2) is 12.7 Å². The Bertz CT molecular complexity index is 1760. The number of ether oxygens (including phenoxy) is 2. The molecule has 2 aromatic rings. The van der Waals surface area contributed by atoms with E-state index in [1.54, 1.807) is 19.0 Å². The fourth-order valence-electron chi connectivity index (χ4n) is 8.66. The van der Waals surface area contributed by atoms with Crippen LogP contribution >= 0.6 is 0 Å². The van der Waals surface area contributed by atoms with Crippen LogP contribution in [0.25, 0.3) is 0 Å². The van der Waals surface area contributed by atoms with E-state index in [1.807, 2.05) is 60.0 Å². The number of aromatic hydroxyl groups is 1. The number of benzene rings is 2. The Labute approximate surface area is 342 Å². The average Bonchev–Trinajstić information content (AvgIpc) is 3.39. The number of carbonyl (C=O) groups excluding carboxylic acids is 5. The lowest BCUT2D eigenvalue weighted by atomic mass is 10.00. The quantitative estimate of drug-likeness (QED) is 0.304. The lowest BCUT2D eigenvalue weighted by Gasteiger charge is -2.43. The van der Waals surface area contributed by atoms with Gasteiger partial charge in [0, 0.05) is 90.5 Å². The molecule has 15 nitrogen and oxygen atoms in total. The number of likely N-dealkylation sites (N-methyl/N-ethyl adjacent to an activating group) is 1. The van der Waals surface area contributed by atoms with Gasteiger partial charge in [-0.05, 0) is 100 Å². The number of amides is 5. The summed E-state index contributed by atoms with van der Waals surface area (Å²) in [5, 5.41) is 13.5. The SMILES string of the molecule is Cc1cc(C[C@@H](OC(=O)N2CCC(N3CCc4ccccc4NC3=O)CC2)C(=O)N2CCN(C3CCN(CCCC(=O)OCC(=O)N(C)C)CC3)CC2)cc(C)c1O. The molecule has 4 heterocycles. The van der Waals surface area contributed by atoms with Gasteiger partial charge in [-0.1, -0.05) is 30.3 Å². The van der Waals surface area contributed by atoms with Gasteiger partial charge in [0.05, 0.1) is 0 Å². The predicted octanol–water partition coefficient (Wildman–Crippen LogP) is 3.63. The molecule has 6 rings (SSSR count). The number of para-hydroxylation sites is 1. The summed E-state index contributed by atoms with van der Waals surface area (Å²) in [5.41, 5.74) is 4.16. The Morgan fingerprint density at radius 1 is 0.862 bits per heavy atom. The first kappa shape index (κ1) is 42.7. The van der Waals surface area contributed by atoms with Crippen LogP contribution in [0, 0.1) is 13.8 Å². The molecule has 316 valence electrons. The van der Waals surface area contributed by atoms with Crippen LogP contribution < -0.4 is 5.32 Å². The van der Waals surface area contributed by atoms with Gasteiger partial charge >= 0.3 is 18.1 Å². The van der Waals surface area contributed by atoms with Crippen LogP contribution in [0.5, 0.6) is 5.75 Å². The Morgan fingerprint density at radius 3 is 2.19 bits per heavy atom. The van der Waals surface area contributed by atoms with Crippen molar-refractivity contribution in [3.8, 4) is 5.75 Å². The summed E-state index contributed by atoms with van der Waals surface area (Å²) < 4.78 is 11.2. The maximum absolute atomic E-state index is 14.2. The van der Waals surface area contributed by atoms with Gasteiger partial charge in [-0.3, -0.25) is 19.3 Å². The van der Waals surface area contributed by atoms with Crippen LogP contribution in [0.15, 0.2) is 36.4 Å². The Balaban J connectivity index is 0.986. The third kappa shape index (κ3) is 11.0. The molecule has 15 heteroatoms. The van der Waals surface area contributed by atoms with Crippen molar-refractivity contribution in [1.29, 1.82) is 0 Å². The van der Waals surface area contributed by atoms with E-state index < -0.39 is 12.2 Å². The second-order valence-corrected chi connectivity index (χ2v) is 16.4. The monoisotopic (exact) mass is 803 g/mol. The van der Waals surface area contributed by atoms with E-state index in [4.69, 9.17) is 9.47 Å². The summed E-state index contributed by atoms with van der Waals surface area (Å²) >= 11 is 0. The summed E-state index contributed by atoms with van der Waals surface area (Å²) in [6.45, 7) is 10.0. The van der Waals surface area contributed by atoms with Gasteiger partial charge in [0.2, 0.25) is 0 Å². The van der Waals surface area contributed by atoms with E-state index >= 15 is 0 Å². The number of hydrogen-bond acceptors (Lipinski definition) is 10. The third-order valence-corrected chi connectivity index (χ3v) is 12.2. The van der Waals surface area contributed by atoms with Gasteiger partial charge < -0.3 is 44.4 Å². The van der Waals surface area contributed by atoms with Crippen molar-refractivity contribution >= 4 is 35.6 Å². The van der Waals surface area contributed by atoms with Crippen molar-refractivity contribution in [2.75, 3.05) is 91.5 Å². The fraction of sp³-hybridized carbons (Fsp3) is 0.605. The molecule has 3 fully saturated rings. The van der Waals surface area contributed by atoms with E-state index in [1.165, 1.54) is 4.90 Å². The van der Waals surface area contributed by atoms with Gasteiger partial charge in [-0.25, -0.2) is 9.59 Å². The number of nitrogens with one attached hydrogen (secondary N) is 1. The molecule has 2 N–H and O–H groups in total. The molecule has 0 spiro atoms. The number of hydrogen-bond donors (Lipinski definition) is 2. The predicted molar refractivity (Wildman–Crippen MR) is 219 cm³/mol. The Kier molecular flexibility index (Phi) is 14.5. The van der Waals surface area contributed by atoms with Gasteiger partial charge in [-0.15, -0.1) is 0 Å². The number of anilines is 1. The van der Waals surface area contributed by atoms with Crippen molar-refractivity contribution in [2.24, 2.45) is 0 Å². The second kappa shape index (κ2) is 19.7. The van der Waals surface area contributed by atoms with E-state index in [2.05, 4.69) is 15.1 Å². The van der Waals surface area contributed by atoms with Crippen LogP contribution in [-0.4, -0.2) is 169 Å². The smallest absolute Gasteiger partial charge is 0.410 e. The number of phenolic OH excluding ortho intramolecular Hbond substituents is 1. The number of carbonyl (C=O) groups is 5. The molecule has 3 saturated heterocycles. The Morgan fingerprint density at radius 2 is 1.52 bits per heavy atom. The number of piperazine rings is 1. The van der Waals surface area contributed by atoms with Crippen molar-refractivity contribution in [3.05, 3.63) is 58.7 Å². The molecule has 1 atom stereocenters. The molecule has 0 saturated carbocycles. The highest BCUT2D eigenvalue weighted by Gasteiger charge is 2.36. The summed E-state index contributed by atoms with van der Waals surface area (Å²) in [6, 6.07) is 11.8. The number of fused-ring (bicyclic) bond motifs is 1. The van der Waals surface area contributed by atoms with Crippen molar-refractivity contribution in [1.82, 2.24) is 29.4 Å². The Hall–Kier alpha value is -4.89. The fourth-order valence-corrected chi connectivity index (χ4v) is 8.66. The molecular formula is C43H61N7O8. The second-order valence-electron chi connectivity index (χ2n) is 16.4. The van der Waals surface area contributed by atoms with Crippen LogP contribution in [-0.2, 0) is 36.7 Å². The van der Waals surface area contributed by atoms with E-state index in [0.717, 1.165) is 68.8 Å². The molecule has 0 aliphatic carbocycles. The minimum absolute atomic E-state index is 0.00917. The zero-order chi connectivity index (χ0) is 41.3. The summed E-state index contributed by atoms with van der Waals surface area (Å²) in [6.07, 6.45) is 3.60. The van der Waals surface area contributed by atoms with Crippen molar-refractivity contribution in [2.45, 2.75) is 83.4 Å². The maximum Gasteiger partial charge on any atom is 0.410 e. The lowest BCUT2D eigenvalue weighted by Crippen LogP contribution is -2.56. The van der Waals surface area contributed by atoms with Crippen LogP contribution in [0.3, 0.4) is 0 Å². The van der Waals surface area contributed by atoms with Gasteiger partial charge in [-0.2, -0.15) is 0 Å². The summed E-state index contributed by atoms with van der Waals surface area (Å²) in [5.74, 6) is -0.592. The maximum atomic E-state index is 14.2. The highest BCUT2D eigenvalue weighted by molar-refractivity contribution is 5.91. The minimum atomic E-state index is -1.02. The number of nitrogens with zero attached hydrogens (tertiary/aromatic N) is 6. The normalized spacial score (nSPS) is 19.2. The number of esters is 1. The van der Waals surface area contributed by atoms with E-state index in [9.17, 15) is 29.1 Å². The number of urea groups is 1. The molecule has 0 radical (unpaired) electrons. The van der Waals surface area contributed by atoms with Crippen molar-refractivity contribution in [3.63, 3.8) is 0 Å². The molecule has 0 aromatic heterocycles. The number of phenols is 1. The van der Waals surface area contributed by atoms with E-state index in [0.29, 0.717) is 69.2 Å². The highest BCUT2D eigenvalue weighted by atomic mass is 16.6. The summed E-state index contributed by atoms with van der Waals surface area (Å²) in [7, 11) is 3.26. The summed E-state index contributed by atoms with van der Waals surface area (Å²) in [4.78, 5) is 76.4. The first-order valence-electron chi connectivity index (χ1n) is 20.9. The van der Waals surface area contributed by atoms with E-state index in [-0.39, 0.29) is 55.1 Å². The topological polar surface area (TPSA) is 156 Å². The molecule has 5 amide bonds.